The Kier molecular flexibility index (Phi) is 8.03. The molecule has 0 aliphatic carbocycles. The number of benzene rings is 5. The van der Waals surface area contributed by atoms with Crippen molar-refractivity contribution in [1.82, 2.24) is 0 Å². The van der Waals surface area contributed by atoms with Crippen molar-refractivity contribution >= 4 is 33.3 Å². The number of hydrogen-bond donors (Lipinski definition) is 0. The van der Waals surface area contributed by atoms with Gasteiger partial charge in [-0.2, -0.15) is 0 Å². The summed E-state index contributed by atoms with van der Waals surface area (Å²) >= 11 is 3.42. The SMILES string of the molecule is COc1ccc(C(=O)C(C(=O)c2ccc(-c3ccccc3)cc2)C2c3ccccc3OC2C(=O)c2ccc(Br)cc2)cc1. The number of methoxy groups -OCH3 is 1. The second-order valence-corrected chi connectivity index (χ2v) is 11.3. The van der Waals surface area contributed by atoms with E-state index in [4.69, 9.17) is 9.47 Å². The van der Waals surface area contributed by atoms with Gasteiger partial charge in [-0.3, -0.25) is 14.4 Å². The zero-order valence-electron chi connectivity index (χ0n) is 23.3. The molecule has 5 nitrogen and oxygen atoms in total. The smallest absolute Gasteiger partial charge is 0.203 e. The highest BCUT2D eigenvalue weighted by molar-refractivity contribution is 9.10. The number of ether oxygens (including phenoxy) is 2. The van der Waals surface area contributed by atoms with Crippen molar-refractivity contribution in [3.8, 4) is 22.6 Å². The first-order valence-electron chi connectivity index (χ1n) is 13.9. The van der Waals surface area contributed by atoms with E-state index in [-0.39, 0.29) is 11.6 Å². The topological polar surface area (TPSA) is 69.7 Å². The van der Waals surface area contributed by atoms with Gasteiger partial charge in [0.1, 0.15) is 11.5 Å². The van der Waals surface area contributed by atoms with Crippen LogP contribution in [-0.4, -0.2) is 30.6 Å². The Morgan fingerprint density at radius 1 is 0.651 bits per heavy atom. The molecule has 5 aromatic rings. The van der Waals surface area contributed by atoms with Gasteiger partial charge in [-0.15, -0.1) is 0 Å². The van der Waals surface area contributed by atoms with E-state index in [2.05, 4.69) is 15.9 Å². The highest BCUT2D eigenvalue weighted by atomic mass is 79.9. The molecule has 0 bridgehead atoms. The molecule has 6 rings (SSSR count). The quantitative estimate of drug-likeness (QED) is 0.121. The van der Waals surface area contributed by atoms with Gasteiger partial charge in [0.15, 0.2) is 17.7 Å². The second-order valence-electron chi connectivity index (χ2n) is 10.4. The zero-order chi connectivity index (χ0) is 29.9. The Hall–Kier alpha value is -4.81. The molecule has 3 unspecified atom stereocenters. The second kappa shape index (κ2) is 12.2. The minimum atomic E-state index is -1.22. The molecule has 43 heavy (non-hydrogen) atoms. The summed E-state index contributed by atoms with van der Waals surface area (Å²) < 4.78 is 12.4. The number of fused-ring (bicyclic) bond motifs is 1. The fourth-order valence-electron chi connectivity index (χ4n) is 5.60. The first kappa shape index (κ1) is 28.3. The lowest BCUT2D eigenvalue weighted by atomic mass is 9.73. The van der Waals surface area contributed by atoms with Gasteiger partial charge in [-0.05, 0) is 53.6 Å². The van der Waals surface area contributed by atoms with E-state index in [1.807, 2.05) is 60.7 Å². The fraction of sp³-hybridized carbons (Fsp3) is 0.108. The molecule has 3 atom stereocenters. The maximum Gasteiger partial charge on any atom is 0.203 e. The van der Waals surface area contributed by atoms with E-state index in [0.717, 1.165) is 15.6 Å². The van der Waals surface area contributed by atoms with Crippen molar-refractivity contribution in [2.24, 2.45) is 5.92 Å². The highest BCUT2D eigenvalue weighted by Crippen LogP contribution is 2.46. The first-order chi connectivity index (χ1) is 20.9. The van der Waals surface area contributed by atoms with Crippen LogP contribution in [0.4, 0.5) is 0 Å². The van der Waals surface area contributed by atoms with Crippen LogP contribution in [0.5, 0.6) is 11.5 Å². The van der Waals surface area contributed by atoms with Crippen LogP contribution in [0, 0.1) is 5.92 Å². The predicted molar refractivity (Wildman–Crippen MR) is 169 cm³/mol. The van der Waals surface area contributed by atoms with Gasteiger partial charge in [-0.1, -0.05) is 101 Å². The van der Waals surface area contributed by atoms with Crippen LogP contribution in [0.3, 0.4) is 0 Å². The molecular formula is C37H27BrO5. The summed E-state index contributed by atoms with van der Waals surface area (Å²) in [5.74, 6) is -2.05. The largest absolute Gasteiger partial charge is 0.497 e. The Morgan fingerprint density at radius 3 is 1.81 bits per heavy atom. The van der Waals surface area contributed by atoms with Gasteiger partial charge in [0.05, 0.1) is 13.0 Å². The molecule has 6 heteroatoms. The summed E-state index contributed by atoms with van der Waals surface area (Å²) in [5.41, 5.74) is 3.78. The summed E-state index contributed by atoms with van der Waals surface area (Å²) in [7, 11) is 1.55. The van der Waals surface area contributed by atoms with Gasteiger partial charge < -0.3 is 9.47 Å². The molecular weight excluding hydrogens is 604 g/mol. The van der Waals surface area contributed by atoms with Crippen molar-refractivity contribution in [3.05, 3.63) is 154 Å². The maximum absolute atomic E-state index is 14.5. The van der Waals surface area contributed by atoms with Crippen LogP contribution in [0.2, 0.25) is 0 Å². The maximum atomic E-state index is 14.5. The molecule has 0 saturated heterocycles. The van der Waals surface area contributed by atoms with Crippen molar-refractivity contribution in [3.63, 3.8) is 0 Å². The van der Waals surface area contributed by atoms with E-state index >= 15 is 0 Å². The fourth-order valence-corrected chi connectivity index (χ4v) is 5.87. The molecule has 0 N–H and O–H groups in total. The number of ketones is 3. The molecule has 0 radical (unpaired) electrons. The number of para-hydroxylation sites is 1. The highest BCUT2D eigenvalue weighted by Gasteiger charge is 2.49. The average Bonchev–Trinajstić information content (AvgIpc) is 3.44. The number of rotatable bonds is 9. The van der Waals surface area contributed by atoms with Crippen LogP contribution in [0.15, 0.2) is 132 Å². The normalized spacial score (nSPS) is 16.0. The van der Waals surface area contributed by atoms with Gasteiger partial charge in [0.2, 0.25) is 5.78 Å². The molecule has 1 heterocycles. The Balaban J connectivity index is 1.45. The van der Waals surface area contributed by atoms with Gasteiger partial charge in [-0.25, -0.2) is 0 Å². The molecule has 0 spiro atoms. The molecule has 0 aromatic heterocycles. The van der Waals surface area contributed by atoms with Crippen molar-refractivity contribution in [2.75, 3.05) is 7.11 Å². The van der Waals surface area contributed by atoms with Crippen molar-refractivity contribution in [2.45, 2.75) is 12.0 Å². The van der Waals surface area contributed by atoms with E-state index in [0.29, 0.717) is 33.8 Å². The third-order valence-electron chi connectivity index (χ3n) is 7.82. The van der Waals surface area contributed by atoms with E-state index in [9.17, 15) is 14.4 Å². The molecule has 0 fully saturated rings. The zero-order valence-corrected chi connectivity index (χ0v) is 24.9. The van der Waals surface area contributed by atoms with Crippen LogP contribution in [0.1, 0.15) is 42.6 Å². The standard InChI is InChI=1S/C37H27BrO5/c1-42-29-21-17-26(18-22-29)35(40)33(34(39)25-13-11-24(12-14-25)23-7-3-2-4-8-23)32-30-9-5-6-10-31(30)43-37(32)36(41)27-15-19-28(38)20-16-27/h2-22,32-33,37H,1H3. The van der Waals surface area contributed by atoms with Gasteiger partial charge in [0.25, 0.3) is 0 Å². The number of hydrogen-bond acceptors (Lipinski definition) is 5. The minimum absolute atomic E-state index is 0.298. The molecule has 0 amide bonds. The summed E-state index contributed by atoms with van der Waals surface area (Å²) in [4.78, 5) is 42.8. The molecule has 212 valence electrons. The predicted octanol–water partition coefficient (Wildman–Crippen LogP) is 8.23. The summed E-state index contributed by atoms with van der Waals surface area (Å²) in [6.45, 7) is 0. The van der Waals surface area contributed by atoms with Crippen LogP contribution in [-0.2, 0) is 0 Å². The number of carbonyl (C=O) groups excluding carboxylic acids is 3. The monoisotopic (exact) mass is 630 g/mol. The third kappa shape index (κ3) is 5.66. The van der Waals surface area contributed by atoms with E-state index < -0.39 is 23.7 Å². The summed E-state index contributed by atoms with van der Waals surface area (Å²) in [5, 5.41) is 0. The summed E-state index contributed by atoms with van der Waals surface area (Å²) in [6.07, 6.45) is -1.07. The lowest BCUT2D eigenvalue weighted by molar-refractivity contribution is 0.0669. The average molecular weight is 632 g/mol. The number of halogens is 1. The number of Topliss-reactive ketones (excluding diaryl/α,β-unsaturated/α-hetero) is 3. The van der Waals surface area contributed by atoms with Crippen LogP contribution >= 0.6 is 15.9 Å². The molecule has 1 aliphatic heterocycles. The van der Waals surface area contributed by atoms with E-state index in [1.165, 1.54) is 0 Å². The van der Waals surface area contributed by atoms with Crippen molar-refractivity contribution < 1.29 is 23.9 Å². The van der Waals surface area contributed by atoms with Gasteiger partial charge in [0, 0.05) is 32.6 Å². The van der Waals surface area contributed by atoms with Gasteiger partial charge >= 0.3 is 0 Å². The lowest BCUT2D eigenvalue weighted by Crippen LogP contribution is -2.40. The van der Waals surface area contributed by atoms with Crippen LogP contribution in [0.25, 0.3) is 11.1 Å². The Morgan fingerprint density at radius 2 is 1.19 bits per heavy atom. The van der Waals surface area contributed by atoms with E-state index in [1.54, 1.807) is 73.8 Å². The minimum Gasteiger partial charge on any atom is -0.497 e. The van der Waals surface area contributed by atoms with Crippen LogP contribution < -0.4 is 9.47 Å². The van der Waals surface area contributed by atoms with Crippen molar-refractivity contribution in [1.29, 1.82) is 0 Å². The summed E-state index contributed by atoms with van der Waals surface area (Å²) in [6, 6.07) is 38.0. The Labute approximate surface area is 258 Å². The number of carbonyl (C=O) groups is 3. The molecule has 0 saturated carbocycles. The lowest BCUT2D eigenvalue weighted by Gasteiger charge is -2.26. The molecule has 5 aromatic carbocycles. The molecule has 1 aliphatic rings. The first-order valence-corrected chi connectivity index (χ1v) is 14.7. The Bertz CT molecular complexity index is 1780. The third-order valence-corrected chi connectivity index (χ3v) is 8.35.